The summed E-state index contributed by atoms with van der Waals surface area (Å²) in [6.45, 7) is 0.108. The molecule has 1 aromatic heterocycles. The zero-order chi connectivity index (χ0) is 13.4. The van der Waals surface area contributed by atoms with Crippen LogP contribution in [0.4, 0.5) is 24.7 Å². The third-order valence-corrected chi connectivity index (χ3v) is 2.52. The van der Waals surface area contributed by atoms with E-state index in [0.717, 1.165) is 0 Å². The van der Waals surface area contributed by atoms with Crippen molar-refractivity contribution in [3.05, 3.63) is 41.8 Å². The summed E-state index contributed by atoms with van der Waals surface area (Å²) >= 11 is 0. The molecule has 1 aromatic carbocycles. The molecule has 0 fully saturated rings. The van der Waals surface area contributed by atoms with Gasteiger partial charge >= 0.3 is 0 Å². The molecule has 0 saturated heterocycles. The lowest BCUT2D eigenvalue weighted by molar-refractivity contribution is 0.174. The van der Waals surface area contributed by atoms with Crippen molar-refractivity contribution in [1.29, 1.82) is 0 Å². The number of hydrogen-bond acceptors (Lipinski definition) is 4. The predicted molar refractivity (Wildman–Crippen MR) is 60.0 cm³/mol. The molecule has 98 valence electrons. The molecule has 0 saturated carbocycles. The molecule has 0 aliphatic carbocycles. The van der Waals surface area contributed by atoms with E-state index in [1.54, 1.807) is 18.2 Å². The monoisotopic (exact) mass is 268 g/mol. The topological polar surface area (TPSA) is 43.4 Å². The summed E-state index contributed by atoms with van der Waals surface area (Å²) in [7, 11) is 0. The van der Waals surface area contributed by atoms with Crippen LogP contribution in [-0.4, -0.2) is 11.8 Å². The molecule has 7 heteroatoms. The molecule has 2 aromatic rings. The van der Waals surface area contributed by atoms with E-state index >= 15 is 0 Å². The first kappa shape index (κ1) is 11.6. The van der Waals surface area contributed by atoms with Crippen molar-refractivity contribution in [2.24, 2.45) is 0 Å². The molecule has 3 rings (SSSR count). The molecule has 1 aliphatic rings. The number of anilines is 2. The number of pyridine rings is 1. The number of nitrogens with zero attached hydrogens (tertiary/aromatic N) is 1. The van der Waals surface area contributed by atoms with Crippen molar-refractivity contribution in [2.45, 2.75) is 0 Å². The van der Waals surface area contributed by atoms with E-state index in [1.165, 1.54) is 0 Å². The summed E-state index contributed by atoms with van der Waals surface area (Å²) in [5.74, 6) is -3.06. The van der Waals surface area contributed by atoms with Gasteiger partial charge in [-0.1, -0.05) is 0 Å². The van der Waals surface area contributed by atoms with E-state index in [9.17, 15) is 13.2 Å². The molecule has 4 nitrogen and oxygen atoms in total. The van der Waals surface area contributed by atoms with Crippen LogP contribution >= 0.6 is 0 Å². The predicted octanol–water partition coefficient (Wildman–Crippen LogP) is 2.97. The third-order valence-electron chi connectivity index (χ3n) is 2.52. The first-order chi connectivity index (χ1) is 9.13. The Hall–Kier alpha value is -2.44. The van der Waals surface area contributed by atoms with Crippen molar-refractivity contribution in [3.8, 4) is 11.5 Å². The first-order valence-corrected chi connectivity index (χ1v) is 5.32. The summed E-state index contributed by atoms with van der Waals surface area (Å²) in [6, 6.07) is 5.17. The molecule has 0 atom stereocenters. The Labute approximate surface area is 105 Å². The normalized spacial score (nSPS) is 12.6. The molecule has 1 aliphatic heterocycles. The van der Waals surface area contributed by atoms with Gasteiger partial charge in [-0.25, -0.2) is 8.78 Å². The van der Waals surface area contributed by atoms with Crippen molar-refractivity contribution in [3.63, 3.8) is 0 Å². The van der Waals surface area contributed by atoms with E-state index in [-0.39, 0.29) is 6.79 Å². The lowest BCUT2D eigenvalue weighted by Gasteiger charge is -2.07. The van der Waals surface area contributed by atoms with Gasteiger partial charge in [0.25, 0.3) is 5.95 Å². The van der Waals surface area contributed by atoms with Crippen molar-refractivity contribution in [2.75, 3.05) is 12.1 Å². The minimum absolute atomic E-state index is 0.108. The van der Waals surface area contributed by atoms with Gasteiger partial charge in [0.15, 0.2) is 29.0 Å². The Morgan fingerprint density at radius 2 is 1.79 bits per heavy atom. The van der Waals surface area contributed by atoms with Gasteiger partial charge in [-0.15, -0.1) is 0 Å². The van der Waals surface area contributed by atoms with Crippen LogP contribution in [0.1, 0.15) is 0 Å². The summed E-state index contributed by atoms with van der Waals surface area (Å²) in [5.41, 5.74) is 0.418. The van der Waals surface area contributed by atoms with Gasteiger partial charge in [0, 0.05) is 17.8 Å². The van der Waals surface area contributed by atoms with Gasteiger partial charge < -0.3 is 14.8 Å². The molecule has 0 spiro atoms. The summed E-state index contributed by atoms with van der Waals surface area (Å²) in [4.78, 5) is 3.16. The number of ether oxygens (including phenoxy) is 2. The van der Waals surface area contributed by atoms with Crippen LogP contribution in [-0.2, 0) is 0 Å². The van der Waals surface area contributed by atoms with Crippen LogP contribution < -0.4 is 14.8 Å². The van der Waals surface area contributed by atoms with Crippen LogP contribution in [0.2, 0.25) is 0 Å². The Morgan fingerprint density at radius 1 is 1.00 bits per heavy atom. The Morgan fingerprint density at radius 3 is 2.63 bits per heavy atom. The highest BCUT2D eigenvalue weighted by atomic mass is 19.2. The summed E-state index contributed by atoms with van der Waals surface area (Å²) in [6.07, 6.45) is 0. The zero-order valence-corrected chi connectivity index (χ0v) is 9.41. The van der Waals surface area contributed by atoms with Crippen molar-refractivity contribution < 1.29 is 22.6 Å². The highest BCUT2D eigenvalue weighted by molar-refractivity contribution is 5.62. The maximum Gasteiger partial charge on any atom is 0.251 e. The number of rotatable bonds is 2. The molecule has 0 unspecified atom stereocenters. The maximum absolute atomic E-state index is 13.4. The van der Waals surface area contributed by atoms with Crippen LogP contribution in [0, 0.1) is 17.6 Å². The number of hydrogen-bond donors (Lipinski definition) is 1. The average Bonchev–Trinajstić information content (AvgIpc) is 2.83. The van der Waals surface area contributed by atoms with Crippen LogP contribution in [0.3, 0.4) is 0 Å². The molecule has 1 N–H and O–H groups in total. The van der Waals surface area contributed by atoms with Gasteiger partial charge in [0.05, 0.1) is 0 Å². The second-order valence-corrected chi connectivity index (χ2v) is 3.78. The molecule has 0 radical (unpaired) electrons. The molecule has 0 bridgehead atoms. The van der Waals surface area contributed by atoms with E-state index < -0.39 is 23.4 Å². The number of nitrogens with one attached hydrogen (secondary N) is 1. The van der Waals surface area contributed by atoms with Crippen LogP contribution in [0.15, 0.2) is 24.3 Å². The Kier molecular flexibility index (Phi) is 2.66. The van der Waals surface area contributed by atoms with Crippen LogP contribution in [0.25, 0.3) is 0 Å². The van der Waals surface area contributed by atoms with Gasteiger partial charge in [-0.2, -0.15) is 9.37 Å². The molecule has 19 heavy (non-hydrogen) atoms. The lowest BCUT2D eigenvalue weighted by atomic mass is 10.2. The second-order valence-electron chi connectivity index (χ2n) is 3.78. The van der Waals surface area contributed by atoms with E-state index in [4.69, 9.17) is 9.47 Å². The van der Waals surface area contributed by atoms with Crippen LogP contribution in [0.5, 0.6) is 11.5 Å². The highest BCUT2D eigenvalue weighted by Gasteiger charge is 2.15. The second kappa shape index (κ2) is 4.34. The maximum atomic E-state index is 13.4. The largest absolute Gasteiger partial charge is 0.454 e. The smallest absolute Gasteiger partial charge is 0.251 e. The standard InChI is InChI=1S/C12H7F3N2O2/c13-7-4-8(14)12(17-11(7)15)16-6-1-2-9-10(3-6)19-5-18-9/h1-4H,5H2,(H,16,17). The van der Waals surface area contributed by atoms with E-state index in [2.05, 4.69) is 10.3 Å². The minimum atomic E-state index is -1.37. The molecule has 2 heterocycles. The van der Waals surface area contributed by atoms with Gasteiger partial charge in [-0.3, -0.25) is 0 Å². The molecule has 0 amide bonds. The number of fused-ring (bicyclic) bond motifs is 1. The van der Waals surface area contributed by atoms with Gasteiger partial charge in [0.2, 0.25) is 6.79 Å². The van der Waals surface area contributed by atoms with Crippen molar-refractivity contribution >= 4 is 11.5 Å². The number of aromatic nitrogens is 1. The lowest BCUT2D eigenvalue weighted by Crippen LogP contribution is -2.01. The molecular weight excluding hydrogens is 261 g/mol. The van der Waals surface area contributed by atoms with Crippen molar-refractivity contribution in [1.82, 2.24) is 4.98 Å². The van der Waals surface area contributed by atoms with Gasteiger partial charge in [-0.05, 0) is 12.1 Å². The van der Waals surface area contributed by atoms with Gasteiger partial charge in [0.1, 0.15) is 0 Å². The Bertz CT molecular complexity index is 649. The zero-order valence-electron chi connectivity index (χ0n) is 9.41. The fourth-order valence-corrected chi connectivity index (χ4v) is 1.64. The fourth-order valence-electron chi connectivity index (χ4n) is 1.64. The minimum Gasteiger partial charge on any atom is -0.454 e. The average molecular weight is 268 g/mol. The summed E-state index contributed by atoms with van der Waals surface area (Å²) in [5, 5.41) is 2.54. The Balaban J connectivity index is 1.91. The van der Waals surface area contributed by atoms with E-state index in [1.807, 2.05) is 0 Å². The third kappa shape index (κ3) is 2.14. The number of halogens is 3. The SMILES string of the molecule is Fc1cc(F)c(Nc2ccc3c(c2)OCO3)nc1F. The number of benzene rings is 1. The first-order valence-electron chi connectivity index (χ1n) is 5.32. The summed E-state index contributed by atoms with van der Waals surface area (Å²) < 4.78 is 49.3. The quantitative estimate of drug-likeness (QED) is 0.850. The van der Waals surface area contributed by atoms with E-state index in [0.29, 0.717) is 23.3 Å². The fraction of sp³-hybridized carbons (Fsp3) is 0.0833. The highest BCUT2D eigenvalue weighted by Crippen LogP contribution is 2.35. The molecular formula is C12H7F3N2O2.